The summed E-state index contributed by atoms with van der Waals surface area (Å²) in [5.74, 6) is -2.54. The Labute approximate surface area is 107 Å². The zero-order chi connectivity index (χ0) is 13.1. The molecule has 0 fully saturated rings. The van der Waals surface area contributed by atoms with Crippen LogP contribution in [0.5, 0.6) is 11.6 Å². The lowest BCUT2D eigenvalue weighted by Crippen LogP contribution is -2.03. The monoisotopic (exact) mass is 267 g/mol. The van der Waals surface area contributed by atoms with Gasteiger partial charge in [0.1, 0.15) is 11.3 Å². The van der Waals surface area contributed by atoms with Crippen LogP contribution in [0.3, 0.4) is 0 Å². The van der Waals surface area contributed by atoms with Gasteiger partial charge in [0.15, 0.2) is 5.82 Å². The molecule has 0 spiro atoms. The van der Waals surface area contributed by atoms with Gasteiger partial charge >= 0.3 is 5.97 Å². The van der Waals surface area contributed by atoms with E-state index in [0.29, 0.717) is 5.02 Å². The van der Waals surface area contributed by atoms with Gasteiger partial charge < -0.3 is 9.84 Å². The first kappa shape index (κ1) is 12.3. The van der Waals surface area contributed by atoms with Crippen molar-refractivity contribution >= 4 is 17.6 Å². The molecule has 2 aromatic rings. The minimum atomic E-state index is -1.38. The highest BCUT2D eigenvalue weighted by Crippen LogP contribution is 2.25. The van der Waals surface area contributed by atoms with E-state index in [-0.39, 0.29) is 5.75 Å². The molecule has 4 nitrogen and oxygen atoms in total. The maximum Gasteiger partial charge on any atom is 0.338 e. The molecule has 2 rings (SSSR count). The lowest BCUT2D eigenvalue weighted by atomic mass is 10.2. The molecule has 1 aromatic heterocycles. The van der Waals surface area contributed by atoms with Crippen LogP contribution >= 0.6 is 11.6 Å². The molecule has 0 saturated carbocycles. The highest BCUT2D eigenvalue weighted by Gasteiger charge is 2.16. The summed E-state index contributed by atoms with van der Waals surface area (Å²) in [6, 6.07) is 7.33. The molecular weight excluding hydrogens is 261 g/mol. The molecule has 0 amide bonds. The topological polar surface area (TPSA) is 59.4 Å². The number of carboxylic acids is 1. The van der Waals surface area contributed by atoms with Crippen LogP contribution < -0.4 is 4.74 Å². The van der Waals surface area contributed by atoms with Crippen LogP contribution in [0.25, 0.3) is 0 Å². The molecule has 0 aliphatic rings. The Morgan fingerprint density at radius 2 is 2.17 bits per heavy atom. The van der Waals surface area contributed by atoms with E-state index in [9.17, 15) is 9.18 Å². The lowest BCUT2D eigenvalue weighted by molar-refractivity contribution is 0.0690. The van der Waals surface area contributed by atoms with Crippen LogP contribution in [-0.4, -0.2) is 16.1 Å². The first-order valence-corrected chi connectivity index (χ1v) is 5.27. The number of benzene rings is 1. The molecule has 1 aromatic carbocycles. The number of pyridine rings is 1. The van der Waals surface area contributed by atoms with Crippen LogP contribution in [0.2, 0.25) is 5.02 Å². The lowest BCUT2D eigenvalue weighted by Gasteiger charge is -2.06. The summed E-state index contributed by atoms with van der Waals surface area (Å²) in [5.41, 5.74) is -0.498. The number of hydrogen-bond donors (Lipinski definition) is 1. The Balaban J connectivity index is 2.35. The van der Waals surface area contributed by atoms with Gasteiger partial charge in [-0.3, -0.25) is 0 Å². The molecule has 18 heavy (non-hydrogen) atoms. The van der Waals surface area contributed by atoms with Crippen LogP contribution in [0.4, 0.5) is 4.39 Å². The number of halogens is 2. The highest BCUT2D eigenvalue weighted by molar-refractivity contribution is 6.30. The van der Waals surface area contributed by atoms with Gasteiger partial charge in [0, 0.05) is 11.2 Å². The largest absolute Gasteiger partial charge is 0.478 e. The maximum absolute atomic E-state index is 13.7. The molecule has 1 heterocycles. The van der Waals surface area contributed by atoms with Gasteiger partial charge in [0.2, 0.25) is 0 Å². The third-order valence-electron chi connectivity index (χ3n) is 2.10. The molecule has 0 bridgehead atoms. The molecule has 0 unspecified atom stereocenters. The molecule has 0 aliphatic carbocycles. The van der Waals surface area contributed by atoms with E-state index >= 15 is 0 Å². The van der Waals surface area contributed by atoms with Crippen LogP contribution in [0.1, 0.15) is 10.4 Å². The van der Waals surface area contributed by atoms with Gasteiger partial charge in [-0.05, 0) is 24.3 Å². The Morgan fingerprint density at radius 3 is 2.83 bits per heavy atom. The fourth-order valence-electron chi connectivity index (χ4n) is 1.30. The van der Waals surface area contributed by atoms with Crippen molar-refractivity contribution in [3.05, 3.63) is 52.9 Å². The number of carbonyl (C=O) groups is 1. The van der Waals surface area contributed by atoms with E-state index in [1.165, 1.54) is 6.07 Å². The van der Waals surface area contributed by atoms with Crippen molar-refractivity contribution in [2.75, 3.05) is 0 Å². The number of nitrogens with zero attached hydrogens (tertiary/aromatic N) is 1. The average molecular weight is 268 g/mol. The SMILES string of the molecule is O=C(O)c1ccnc(Oc2cccc(Cl)c2)c1F. The summed E-state index contributed by atoms with van der Waals surface area (Å²) in [4.78, 5) is 14.4. The van der Waals surface area contributed by atoms with Crippen molar-refractivity contribution in [2.24, 2.45) is 0 Å². The van der Waals surface area contributed by atoms with Crippen molar-refractivity contribution in [2.45, 2.75) is 0 Å². The molecule has 0 radical (unpaired) electrons. The molecule has 0 saturated heterocycles. The fourth-order valence-corrected chi connectivity index (χ4v) is 1.48. The second kappa shape index (κ2) is 5.01. The minimum Gasteiger partial charge on any atom is -0.478 e. The van der Waals surface area contributed by atoms with Gasteiger partial charge in [-0.1, -0.05) is 17.7 Å². The van der Waals surface area contributed by atoms with Crippen molar-refractivity contribution in [3.63, 3.8) is 0 Å². The smallest absolute Gasteiger partial charge is 0.338 e. The molecule has 0 atom stereocenters. The number of rotatable bonds is 3. The van der Waals surface area contributed by atoms with Crippen LogP contribution in [0, 0.1) is 5.82 Å². The van der Waals surface area contributed by atoms with Gasteiger partial charge in [-0.2, -0.15) is 0 Å². The fraction of sp³-hybridized carbons (Fsp3) is 0. The summed E-state index contributed by atoms with van der Waals surface area (Å²) in [5, 5.41) is 9.17. The Bertz CT molecular complexity index is 604. The summed E-state index contributed by atoms with van der Waals surface area (Å²) < 4.78 is 18.9. The Kier molecular flexibility index (Phi) is 3.43. The summed E-state index contributed by atoms with van der Waals surface area (Å²) in [7, 11) is 0. The van der Waals surface area contributed by atoms with Gasteiger partial charge in [0.25, 0.3) is 5.88 Å². The predicted octanol–water partition coefficient (Wildman–Crippen LogP) is 3.36. The first-order chi connectivity index (χ1) is 8.58. The van der Waals surface area contributed by atoms with Gasteiger partial charge in [0.05, 0.1) is 0 Å². The minimum absolute atomic E-state index is 0.274. The van der Waals surface area contributed by atoms with E-state index in [0.717, 1.165) is 12.3 Å². The normalized spacial score (nSPS) is 10.1. The molecule has 1 N–H and O–H groups in total. The summed E-state index contributed by atoms with van der Waals surface area (Å²) in [6.07, 6.45) is 1.16. The molecule has 0 aliphatic heterocycles. The van der Waals surface area contributed by atoms with E-state index in [2.05, 4.69) is 4.98 Å². The van der Waals surface area contributed by atoms with E-state index < -0.39 is 23.2 Å². The third kappa shape index (κ3) is 2.57. The van der Waals surface area contributed by atoms with E-state index in [1.54, 1.807) is 18.2 Å². The molecule has 6 heteroatoms. The second-order valence-electron chi connectivity index (χ2n) is 3.34. The Morgan fingerprint density at radius 1 is 1.39 bits per heavy atom. The third-order valence-corrected chi connectivity index (χ3v) is 2.33. The van der Waals surface area contributed by atoms with E-state index in [1.807, 2.05) is 0 Å². The van der Waals surface area contributed by atoms with Crippen LogP contribution in [0.15, 0.2) is 36.5 Å². The predicted molar refractivity (Wildman–Crippen MR) is 62.7 cm³/mol. The van der Waals surface area contributed by atoms with Gasteiger partial charge in [-0.25, -0.2) is 14.2 Å². The average Bonchev–Trinajstić information content (AvgIpc) is 2.31. The standard InChI is InChI=1S/C12H7ClFNO3/c13-7-2-1-3-8(6-7)18-11-10(14)9(12(16)17)4-5-15-11/h1-6H,(H,16,17). The summed E-state index contributed by atoms with van der Waals surface area (Å²) >= 11 is 5.74. The number of carboxylic acid groups (broad SMARTS) is 1. The number of hydrogen-bond acceptors (Lipinski definition) is 3. The second-order valence-corrected chi connectivity index (χ2v) is 3.78. The quantitative estimate of drug-likeness (QED) is 0.926. The first-order valence-electron chi connectivity index (χ1n) is 4.89. The summed E-state index contributed by atoms with van der Waals surface area (Å²) in [6.45, 7) is 0. The number of ether oxygens (including phenoxy) is 1. The molecular formula is C12H7ClFNO3. The highest BCUT2D eigenvalue weighted by atomic mass is 35.5. The van der Waals surface area contributed by atoms with E-state index in [4.69, 9.17) is 21.4 Å². The number of aromatic carboxylic acids is 1. The van der Waals surface area contributed by atoms with Crippen molar-refractivity contribution in [1.29, 1.82) is 0 Å². The zero-order valence-corrected chi connectivity index (χ0v) is 9.69. The Hall–Kier alpha value is -2.14. The van der Waals surface area contributed by atoms with Crippen molar-refractivity contribution in [3.8, 4) is 11.6 Å². The van der Waals surface area contributed by atoms with Gasteiger partial charge in [-0.15, -0.1) is 0 Å². The van der Waals surface area contributed by atoms with Crippen LogP contribution in [-0.2, 0) is 0 Å². The zero-order valence-electron chi connectivity index (χ0n) is 8.93. The molecule has 92 valence electrons. The van der Waals surface area contributed by atoms with Crippen molar-refractivity contribution < 1.29 is 19.0 Å². The number of aromatic nitrogens is 1. The van der Waals surface area contributed by atoms with Crippen molar-refractivity contribution in [1.82, 2.24) is 4.98 Å². The maximum atomic E-state index is 13.7.